The van der Waals surface area contributed by atoms with Crippen LogP contribution in [0.3, 0.4) is 0 Å². The van der Waals surface area contributed by atoms with Crippen LogP contribution >= 0.6 is 23.2 Å². The Kier molecular flexibility index (Phi) is 5.95. The zero-order valence-electron chi connectivity index (χ0n) is 15.4. The number of carbonyl (C=O) groups excluding carboxylic acids is 1. The first kappa shape index (κ1) is 19.5. The van der Waals surface area contributed by atoms with Crippen molar-refractivity contribution in [1.82, 2.24) is 15.1 Å². The Morgan fingerprint density at radius 1 is 1.19 bits per heavy atom. The second-order valence-electron chi connectivity index (χ2n) is 8.00. The minimum Gasteiger partial charge on any atom is -0.392 e. The zero-order chi connectivity index (χ0) is 19.0. The van der Waals surface area contributed by atoms with Gasteiger partial charge in [0.25, 0.3) is 0 Å². The van der Waals surface area contributed by atoms with Crippen LogP contribution in [0.25, 0.3) is 0 Å². The summed E-state index contributed by atoms with van der Waals surface area (Å²) in [7, 11) is 0. The molecule has 0 bridgehead atoms. The number of amides is 1. The third kappa shape index (κ3) is 4.13. The first-order valence-corrected chi connectivity index (χ1v) is 10.7. The highest BCUT2D eigenvalue weighted by molar-refractivity contribution is 6.42. The van der Waals surface area contributed by atoms with E-state index in [2.05, 4.69) is 15.1 Å². The largest absolute Gasteiger partial charge is 0.392 e. The highest BCUT2D eigenvalue weighted by Gasteiger charge is 2.44. The number of likely N-dealkylation sites (tertiary alicyclic amines) is 1. The predicted octanol–water partition coefficient (Wildman–Crippen LogP) is 2.32. The summed E-state index contributed by atoms with van der Waals surface area (Å²) < 4.78 is 0. The van der Waals surface area contributed by atoms with E-state index in [4.69, 9.17) is 23.2 Å². The smallest absolute Gasteiger partial charge is 0.227 e. The number of benzene rings is 1. The number of halogens is 2. The molecule has 3 aliphatic rings. The average molecular weight is 412 g/mol. The van der Waals surface area contributed by atoms with Crippen LogP contribution < -0.4 is 5.32 Å². The van der Waals surface area contributed by atoms with Crippen LogP contribution in [0.5, 0.6) is 0 Å². The lowest BCUT2D eigenvalue weighted by molar-refractivity contribution is -0.138. The Labute approximate surface area is 170 Å². The molecule has 1 aromatic carbocycles. The summed E-state index contributed by atoms with van der Waals surface area (Å²) in [6.45, 7) is 3.21. The summed E-state index contributed by atoms with van der Waals surface area (Å²) in [5.41, 5.74) is 0.897. The number of piperazine rings is 1. The highest BCUT2D eigenvalue weighted by Crippen LogP contribution is 2.32. The molecule has 0 radical (unpaired) electrons. The number of carbonyl (C=O) groups is 1. The third-order valence-corrected chi connectivity index (χ3v) is 7.00. The molecule has 4 atom stereocenters. The number of nitrogens with zero attached hydrogens (tertiary/aromatic N) is 2. The fraction of sp³-hybridized carbons (Fsp3) is 0.650. The highest BCUT2D eigenvalue weighted by atomic mass is 35.5. The summed E-state index contributed by atoms with van der Waals surface area (Å²) in [6.07, 6.45) is 4.30. The minimum atomic E-state index is -0.234. The van der Waals surface area contributed by atoms with Gasteiger partial charge in [0.05, 0.1) is 28.6 Å². The van der Waals surface area contributed by atoms with Gasteiger partial charge in [-0.25, -0.2) is 0 Å². The fourth-order valence-corrected chi connectivity index (χ4v) is 5.33. The summed E-state index contributed by atoms with van der Waals surface area (Å²) in [6, 6.07) is 6.26. The molecule has 1 aliphatic carbocycles. The molecule has 3 fully saturated rings. The lowest BCUT2D eigenvalue weighted by Gasteiger charge is -2.51. The monoisotopic (exact) mass is 411 g/mol. The van der Waals surface area contributed by atoms with E-state index in [0.29, 0.717) is 28.5 Å². The van der Waals surface area contributed by atoms with Gasteiger partial charge in [-0.1, -0.05) is 35.7 Å². The van der Waals surface area contributed by atoms with Crippen LogP contribution in [0.15, 0.2) is 18.2 Å². The standard InChI is InChI=1S/C20H27Cl2N3O2/c21-15-5-4-13(10-16(15)22)11-19(27)25-9-7-23-17-2-1-3-18(20(17)25)24-8-6-14(26)12-24/h4-5,10,14,17-18,20,23,26H,1-3,6-9,11-12H2/t14-,17?,18?,20?/m1/s1. The normalized spacial score (nSPS) is 31.7. The van der Waals surface area contributed by atoms with Gasteiger partial charge in [-0.2, -0.15) is 0 Å². The molecule has 7 heteroatoms. The lowest BCUT2D eigenvalue weighted by atomic mass is 9.82. The quantitative estimate of drug-likeness (QED) is 0.800. The van der Waals surface area contributed by atoms with Crippen molar-refractivity contribution in [3.8, 4) is 0 Å². The SMILES string of the molecule is O=C(Cc1ccc(Cl)c(Cl)c1)N1CCNC2CCCC(N3CC[C@@H](O)C3)C21. The van der Waals surface area contributed by atoms with Crippen molar-refractivity contribution in [2.75, 3.05) is 26.2 Å². The van der Waals surface area contributed by atoms with Crippen LogP contribution in [-0.2, 0) is 11.2 Å². The van der Waals surface area contributed by atoms with Crippen molar-refractivity contribution in [3.63, 3.8) is 0 Å². The van der Waals surface area contributed by atoms with E-state index in [-0.39, 0.29) is 18.1 Å². The molecule has 1 saturated carbocycles. The van der Waals surface area contributed by atoms with Gasteiger partial charge in [-0.15, -0.1) is 0 Å². The molecule has 3 unspecified atom stereocenters. The van der Waals surface area contributed by atoms with Crippen molar-refractivity contribution in [3.05, 3.63) is 33.8 Å². The third-order valence-electron chi connectivity index (χ3n) is 6.26. The number of aliphatic hydroxyl groups excluding tert-OH is 1. The number of hydrogen-bond donors (Lipinski definition) is 2. The Morgan fingerprint density at radius 3 is 2.78 bits per heavy atom. The molecule has 0 spiro atoms. The molecule has 2 heterocycles. The molecule has 4 rings (SSSR count). The van der Waals surface area contributed by atoms with E-state index < -0.39 is 0 Å². The number of hydrogen-bond acceptors (Lipinski definition) is 4. The maximum atomic E-state index is 13.2. The number of β-amino-alcohol motifs (C(OH)–C–C–N with tert-alkyl or cyclic N) is 1. The van der Waals surface area contributed by atoms with Crippen LogP contribution in [0.4, 0.5) is 0 Å². The molecular formula is C20H27Cl2N3O2. The first-order chi connectivity index (χ1) is 13.0. The number of aliphatic hydroxyl groups is 1. The molecular weight excluding hydrogens is 385 g/mol. The molecule has 1 aromatic rings. The second kappa shape index (κ2) is 8.26. The van der Waals surface area contributed by atoms with Crippen molar-refractivity contribution in [2.45, 2.75) is 56.3 Å². The summed E-state index contributed by atoms with van der Waals surface area (Å²) in [5.74, 6) is 0.150. The van der Waals surface area contributed by atoms with Gasteiger partial charge in [-0.05, 0) is 37.0 Å². The maximum absolute atomic E-state index is 13.2. The van der Waals surface area contributed by atoms with Crippen molar-refractivity contribution < 1.29 is 9.90 Å². The zero-order valence-corrected chi connectivity index (χ0v) is 16.9. The first-order valence-electron chi connectivity index (χ1n) is 9.92. The van der Waals surface area contributed by atoms with Gasteiger partial charge in [0.15, 0.2) is 0 Å². The summed E-state index contributed by atoms with van der Waals surface area (Å²) >= 11 is 12.1. The summed E-state index contributed by atoms with van der Waals surface area (Å²) in [5, 5.41) is 14.6. The van der Waals surface area contributed by atoms with Gasteiger partial charge in [0, 0.05) is 38.3 Å². The Bertz CT molecular complexity index is 700. The van der Waals surface area contributed by atoms with E-state index in [9.17, 15) is 9.90 Å². The van der Waals surface area contributed by atoms with Gasteiger partial charge >= 0.3 is 0 Å². The van der Waals surface area contributed by atoms with Crippen LogP contribution in [0.2, 0.25) is 10.0 Å². The Hall–Kier alpha value is -0.850. The van der Waals surface area contributed by atoms with Crippen LogP contribution in [0, 0.1) is 0 Å². The fourth-order valence-electron chi connectivity index (χ4n) is 5.01. The van der Waals surface area contributed by atoms with Gasteiger partial charge in [0.1, 0.15) is 0 Å². The van der Waals surface area contributed by atoms with E-state index in [1.165, 1.54) is 6.42 Å². The van der Waals surface area contributed by atoms with E-state index in [1.54, 1.807) is 12.1 Å². The van der Waals surface area contributed by atoms with Crippen LogP contribution in [0.1, 0.15) is 31.2 Å². The van der Waals surface area contributed by atoms with E-state index in [1.807, 2.05) is 6.07 Å². The van der Waals surface area contributed by atoms with Gasteiger partial charge in [0.2, 0.25) is 5.91 Å². The lowest BCUT2D eigenvalue weighted by Crippen LogP contribution is -2.68. The Balaban J connectivity index is 1.52. The maximum Gasteiger partial charge on any atom is 0.227 e. The molecule has 1 amide bonds. The molecule has 2 aliphatic heterocycles. The summed E-state index contributed by atoms with van der Waals surface area (Å²) in [4.78, 5) is 17.7. The van der Waals surface area contributed by atoms with E-state index in [0.717, 1.165) is 51.0 Å². The predicted molar refractivity (Wildman–Crippen MR) is 107 cm³/mol. The van der Waals surface area contributed by atoms with Crippen LogP contribution in [-0.4, -0.2) is 71.2 Å². The van der Waals surface area contributed by atoms with Crippen molar-refractivity contribution in [2.24, 2.45) is 0 Å². The topological polar surface area (TPSA) is 55.8 Å². The number of nitrogens with one attached hydrogen (secondary N) is 1. The second-order valence-corrected chi connectivity index (χ2v) is 8.81. The number of rotatable bonds is 3. The average Bonchev–Trinajstić information content (AvgIpc) is 3.10. The number of fused-ring (bicyclic) bond motifs is 1. The Morgan fingerprint density at radius 2 is 2.04 bits per heavy atom. The molecule has 0 aromatic heterocycles. The molecule has 2 saturated heterocycles. The molecule has 2 N–H and O–H groups in total. The molecule has 27 heavy (non-hydrogen) atoms. The van der Waals surface area contributed by atoms with Gasteiger partial charge in [-0.3, -0.25) is 9.69 Å². The molecule has 148 valence electrons. The van der Waals surface area contributed by atoms with Gasteiger partial charge < -0.3 is 15.3 Å². The van der Waals surface area contributed by atoms with Crippen molar-refractivity contribution >= 4 is 29.1 Å². The minimum absolute atomic E-state index is 0.150. The van der Waals surface area contributed by atoms with Crippen molar-refractivity contribution in [1.29, 1.82) is 0 Å². The molecule has 5 nitrogen and oxygen atoms in total. The van der Waals surface area contributed by atoms with E-state index >= 15 is 0 Å².